The van der Waals surface area contributed by atoms with Crippen molar-refractivity contribution in [2.45, 2.75) is 89.9 Å². The lowest BCUT2D eigenvalue weighted by Crippen LogP contribution is -2.24. The molecule has 2 rings (SSSR count). The van der Waals surface area contributed by atoms with E-state index in [-0.39, 0.29) is 24.7 Å². The van der Waals surface area contributed by atoms with Crippen LogP contribution in [0, 0.1) is 0 Å². The minimum atomic E-state index is -0.205. The van der Waals surface area contributed by atoms with Gasteiger partial charge in [0.1, 0.15) is 0 Å². The van der Waals surface area contributed by atoms with Gasteiger partial charge in [0.15, 0.2) is 0 Å². The van der Waals surface area contributed by atoms with E-state index in [9.17, 15) is 9.59 Å². The van der Waals surface area contributed by atoms with E-state index < -0.39 is 0 Å². The lowest BCUT2D eigenvalue weighted by Gasteiger charge is -2.05. The standard InChI is InChI=1S/C18H30N4O2/c23-17(21-19-15-9-5-1-2-6-10-15)13-14-18(24)22-20-16-11-7-3-4-8-12-16/h1-14H2,(H,21,23)(H,22,24). The summed E-state index contributed by atoms with van der Waals surface area (Å²) >= 11 is 0. The third-order valence-electron chi connectivity index (χ3n) is 4.62. The van der Waals surface area contributed by atoms with E-state index in [4.69, 9.17) is 0 Å². The van der Waals surface area contributed by atoms with Gasteiger partial charge >= 0.3 is 0 Å². The first-order valence-corrected chi connectivity index (χ1v) is 9.42. The maximum atomic E-state index is 11.8. The molecule has 0 spiro atoms. The first-order valence-electron chi connectivity index (χ1n) is 9.42. The number of nitrogens with one attached hydrogen (secondary N) is 2. The molecule has 2 aliphatic carbocycles. The molecule has 134 valence electrons. The first-order chi connectivity index (χ1) is 11.7. The predicted molar refractivity (Wildman–Crippen MR) is 95.8 cm³/mol. The van der Waals surface area contributed by atoms with Crippen LogP contribution in [0.25, 0.3) is 0 Å². The highest BCUT2D eigenvalue weighted by atomic mass is 16.2. The normalized spacial score (nSPS) is 19.0. The second kappa shape index (κ2) is 10.9. The average Bonchev–Trinajstić information content (AvgIpc) is 3.01. The highest BCUT2D eigenvalue weighted by molar-refractivity contribution is 5.89. The minimum absolute atomic E-state index is 0.146. The van der Waals surface area contributed by atoms with Crippen LogP contribution in [-0.2, 0) is 9.59 Å². The van der Waals surface area contributed by atoms with Crippen molar-refractivity contribution in [1.82, 2.24) is 10.9 Å². The van der Waals surface area contributed by atoms with Crippen molar-refractivity contribution in [2.24, 2.45) is 10.2 Å². The lowest BCUT2D eigenvalue weighted by molar-refractivity contribution is -0.126. The smallest absolute Gasteiger partial charge is 0.240 e. The summed E-state index contributed by atoms with van der Waals surface area (Å²) in [6.45, 7) is 0. The lowest BCUT2D eigenvalue weighted by atomic mass is 10.2. The number of hydrogen-bond acceptors (Lipinski definition) is 4. The maximum absolute atomic E-state index is 11.8. The van der Waals surface area contributed by atoms with Crippen LogP contribution >= 0.6 is 0 Å². The molecule has 6 nitrogen and oxygen atoms in total. The maximum Gasteiger partial charge on any atom is 0.240 e. The molecule has 0 atom stereocenters. The molecule has 0 aromatic carbocycles. The van der Waals surface area contributed by atoms with Crippen LogP contribution in [0.1, 0.15) is 89.9 Å². The zero-order chi connectivity index (χ0) is 17.0. The van der Waals surface area contributed by atoms with E-state index >= 15 is 0 Å². The number of hydrazone groups is 2. The number of nitrogens with zero attached hydrogens (tertiary/aromatic N) is 2. The summed E-state index contributed by atoms with van der Waals surface area (Å²) in [5.41, 5.74) is 7.31. The molecule has 0 radical (unpaired) electrons. The van der Waals surface area contributed by atoms with Crippen molar-refractivity contribution in [1.29, 1.82) is 0 Å². The molecular formula is C18H30N4O2. The highest BCUT2D eigenvalue weighted by Crippen LogP contribution is 2.15. The molecule has 0 aromatic rings. The molecule has 0 aromatic heterocycles. The van der Waals surface area contributed by atoms with E-state index in [0.717, 1.165) is 62.8 Å². The average molecular weight is 334 g/mol. The topological polar surface area (TPSA) is 82.9 Å². The summed E-state index contributed by atoms with van der Waals surface area (Å²) in [5, 5.41) is 8.42. The summed E-state index contributed by atoms with van der Waals surface area (Å²) in [4.78, 5) is 23.6. The van der Waals surface area contributed by atoms with Crippen LogP contribution in [0.2, 0.25) is 0 Å². The van der Waals surface area contributed by atoms with Gasteiger partial charge in [0.05, 0.1) is 0 Å². The molecule has 2 saturated carbocycles. The van der Waals surface area contributed by atoms with Gasteiger partial charge in [0.25, 0.3) is 0 Å². The van der Waals surface area contributed by atoms with E-state index in [1.54, 1.807) is 0 Å². The summed E-state index contributed by atoms with van der Waals surface area (Å²) in [6.07, 6.45) is 13.8. The number of carbonyl (C=O) groups excluding carboxylic acids is 2. The van der Waals surface area contributed by atoms with Crippen molar-refractivity contribution < 1.29 is 9.59 Å². The molecule has 0 saturated heterocycles. The zero-order valence-corrected chi connectivity index (χ0v) is 14.6. The van der Waals surface area contributed by atoms with Crippen LogP contribution in [0.5, 0.6) is 0 Å². The predicted octanol–water partition coefficient (Wildman–Crippen LogP) is 3.42. The van der Waals surface area contributed by atoms with Crippen LogP contribution in [0.4, 0.5) is 0 Å². The zero-order valence-electron chi connectivity index (χ0n) is 14.6. The molecule has 0 bridgehead atoms. The van der Waals surface area contributed by atoms with Crippen LogP contribution < -0.4 is 10.9 Å². The van der Waals surface area contributed by atoms with Gasteiger partial charge in [0.2, 0.25) is 11.8 Å². The Morgan fingerprint density at radius 3 is 1.29 bits per heavy atom. The van der Waals surface area contributed by atoms with E-state index in [0.29, 0.717) is 0 Å². The Labute approximate surface area is 144 Å². The Morgan fingerprint density at radius 2 is 0.958 bits per heavy atom. The van der Waals surface area contributed by atoms with Gasteiger partial charge in [-0.05, 0) is 51.4 Å². The van der Waals surface area contributed by atoms with Gasteiger partial charge in [-0.25, -0.2) is 10.9 Å². The summed E-state index contributed by atoms with van der Waals surface area (Å²) in [5.74, 6) is -0.409. The second-order valence-corrected chi connectivity index (χ2v) is 6.75. The molecule has 0 unspecified atom stereocenters. The van der Waals surface area contributed by atoms with E-state index in [2.05, 4.69) is 21.1 Å². The first kappa shape index (κ1) is 18.6. The summed E-state index contributed by atoms with van der Waals surface area (Å²) in [7, 11) is 0. The molecule has 6 heteroatoms. The SMILES string of the molecule is O=C(CCC(=O)NN=C1CCCCCC1)NN=C1CCCCCC1. The van der Waals surface area contributed by atoms with Crippen molar-refractivity contribution in [3.05, 3.63) is 0 Å². The Balaban J connectivity index is 1.64. The van der Waals surface area contributed by atoms with Gasteiger partial charge < -0.3 is 0 Å². The Bertz CT molecular complexity index is 421. The fraction of sp³-hybridized carbons (Fsp3) is 0.778. The number of amides is 2. The third kappa shape index (κ3) is 7.70. The Hall–Kier alpha value is -1.72. The molecule has 2 fully saturated rings. The number of rotatable bonds is 5. The molecule has 2 amide bonds. The van der Waals surface area contributed by atoms with Gasteiger partial charge in [-0.1, -0.05) is 25.7 Å². The molecular weight excluding hydrogens is 304 g/mol. The van der Waals surface area contributed by atoms with Crippen molar-refractivity contribution in [3.63, 3.8) is 0 Å². The van der Waals surface area contributed by atoms with Crippen LogP contribution in [0.15, 0.2) is 10.2 Å². The molecule has 24 heavy (non-hydrogen) atoms. The van der Waals surface area contributed by atoms with Gasteiger partial charge in [0, 0.05) is 24.3 Å². The number of hydrogen-bond donors (Lipinski definition) is 2. The number of carbonyl (C=O) groups is 2. The van der Waals surface area contributed by atoms with Crippen LogP contribution in [-0.4, -0.2) is 23.2 Å². The van der Waals surface area contributed by atoms with Gasteiger partial charge in [-0.3, -0.25) is 9.59 Å². The van der Waals surface area contributed by atoms with Gasteiger partial charge in [-0.15, -0.1) is 0 Å². The van der Waals surface area contributed by atoms with Gasteiger partial charge in [-0.2, -0.15) is 10.2 Å². The molecule has 2 aliphatic rings. The fourth-order valence-electron chi connectivity index (χ4n) is 3.12. The minimum Gasteiger partial charge on any atom is -0.273 e. The van der Waals surface area contributed by atoms with Crippen molar-refractivity contribution in [3.8, 4) is 0 Å². The summed E-state index contributed by atoms with van der Waals surface area (Å²) < 4.78 is 0. The molecule has 0 aliphatic heterocycles. The Morgan fingerprint density at radius 1 is 0.625 bits per heavy atom. The quantitative estimate of drug-likeness (QED) is 0.596. The third-order valence-corrected chi connectivity index (χ3v) is 4.62. The second-order valence-electron chi connectivity index (χ2n) is 6.75. The largest absolute Gasteiger partial charge is 0.273 e. The van der Waals surface area contributed by atoms with Crippen molar-refractivity contribution >= 4 is 23.2 Å². The van der Waals surface area contributed by atoms with E-state index in [1.165, 1.54) is 25.7 Å². The monoisotopic (exact) mass is 334 g/mol. The Kier molecular flexibility index (Phi) is 8.49. The highest BCUT2D eigenvalue weighted by Gasteiger charge is 2.10. The summed E-state index contributed by atoms with van der Waals surface area (Å²) in [6, 6.07) is 0. The molecule has 0 heterocycles. The van der Waals surface area contributed by atoms with Crippen LogP contribution in [0.3, 0.4) is 0 Å². The van der Waals surface area contributed by atoms with E-state index in [1.807, 2.05) is 0 Å². The molecule has 2 N–H and O–H groups in total. The fourth-order valence-corrected chi connectivity index (χ4v) is 3.12. The van der Waals surface area contributed by atoms with Crippen molar-refractivity contribution in [2.75, 3.05) is 0 Å².